The van der Waals surface area contributed by atoms with Crippen molar-refractivity contribution in [3.05, 3.63) is 83.6 Å². The molecule has 0 saturated heterocycles. The normalized spacial score (nSPS) is 11.4. The third-order valence-electron chi connectivity index (χ3n) is 4.37. The van der Waals surface area contributed by atoms with Crippen LogP contribution >= 0.6 is 11.6 Å². The number of benzene rings is 2. The van der Waals surface area contributed by atoms with Gasteiger partial charge in [0.1, 0.15) is 23.2 Å². The Hall–Kier alpha value is -3.18. The van der Waals surface area contributed by atoms with E-state index in [0.717, 1.165) is 33.6 Å². The largest absolute Gasteiger partial charge is 0.301 e. The average molecular weight is 360 g/mol. The number of hydrogen-bond acceptors (Lipinski definition) is 3. The van der Waals surface area contributed by atoms with Crippen molar-refractivity contribution in [2.45, 2.75) is 6.54 Å². The molecule has 0 atom stereocenters. The highest BCUT2D eigenvalue weighted by molar-refractivity contribution is 6.30. The van der Waals surface area contributed by atoms with Gasteiger partial charge in [-0.2, -0.15) is 15.0 Å². The summed E-state index contributed by atoms with van der Waals surface area (Å²) in [7, 11) is 0. The molecule has 0 aliphatic heterocycles. The van der Waals surface area contributed by atoms with Gasteiger partial charge >= 0.3 is 0 Å². The van der Waals surface area contributed by atoms with Gasteiger partial charge in [0, 0.05) is 16.8 Å². The van der Waals surface area contributed by atoms with E-state index in [1.165, 1.54) is 0 Å². The summed E-state index contributed by atoms with van der Waals surface area (Å²) in [5, 5.41) is 9.88. The summed E-state index contributed by atoms with van der Waals surface area (Å²) in [6, 6.07) is 21.6. The molecule has 5 rings (SSSR count). The lowest BCUT2D eigenvalue weighted by atomic mass is 10.1. The second kappa shape index (κ2) is 5.97. The number of pyridine rings is 1. The number of fused-ring (bicyclic) bond motifs is 2. The third-order valence-corrected chi connectivity index (χ3v) is 4.62. The summed E-state index contributed by atoms with van der Waals surface area (Å²) in [6.45, 7) is 0.526. The van der Waals surface area contributed by atoms with Crippen LogP contribution in [0, 0.1) is 0 Å². The second-order valence-corrected chi connectivity index (χ2v) is 6.50. The molecule has 0 unspecified atom stereocenters. The maximum atomic E-state index is 6.04. The first-order chi connectivity index (χ1) is 12.8. The Kier molecular flexibility index (Phi) is 3.47. The van der Waals surface area contributed by atoms with E-state index in [0.29, 0.717) is 11.6 Å². The Labute approximate surface area is 154 Å². The van der Waals surface area contributed by atoms with Crippen LogP contribution in [0.4, 0.5) is 0 Å². The lowest BCUT2D eigenvalue weighted by Crippen LogP contribution is -2.07. The van der Waals surface area contributed by atoms with Crippen molar-refractivity contribution in [1.82, 2.24) is 24.4 Å². The highest BCUT2D eigenvalue weighted by atomic mass is 35.5. The molecule has 126 valence electrons. The zero-order valence-corrected chi connectivity index (χ0v) is 14.5. The van der Waals surface area contributed by atoms with Crippen molar-refractivity contribution < 1.29 is 0 Å². The first-order valence-corrected chi connectivity index (χ1v) is 8.67. The minimum atomic E-state index is 0.526. The molecule has 0 amide bonds. The highest BCUT2D eigenvalue weighted by Gasteiger charge is 2.15. The number of halogens is 1. The molecular weight excluding hydrogens is 346 g/mol. The minimum Gasteiger partial charge on any atom is -0.301 e. The van der Waals surface area contributed by atoms with Crippen LogP contribution in [0.3, 0.4) is 0 Å². The Balaban J connectivity index is 1.67. The fourth-order valence-corrected chi connectivity index (χ4v) is 3.27. The van der Waals surface area contributed by atoms with E-state index < -0.39 is 0 Å². The first kappa shape index (κ1) is 15.1. The zero-order chi connectivity index (χ0) is 17.5. The lowest BCUT2D eigenvalue weighted by Gasteiger charge is -2.05. The summed E-state index contributed by atoms with van der Waals surface area (Å²) in [5.41, 5.74) is 5.62. The molecular formula is C20H14ClN5. The van der Waals surface area contributed by atoms with Crippen molar-refractivity contribution in [3.63, 3.8) is 0 Å². The molecule has 0 aliphatic rings. The van der Waals surface area contributed by atoms with E-state index in [1.54, 1.807) is 4.80 Å². The predicted octanol–water partition coefficient (Wildman–Crippen LogP) is 4.45. The van der Waals surface area contributed by atoms with Gasteiger partial charge in [-0.25, -0.2) is 4.98 Å². The van der Waals surface area contributed by atoms with Crippen molar-refractivity contribution in [2.24, 2.45) is 0 Å². The van der Waals surface area contributed by atoms with Crippen LogP contribution in [-0.4, -0.2) is 24.4 Å². The second-order valence-electron chi connectivity index (χ2n) is 6.06. The quantitative estimate of drug-likeness (QED) is 0.478. The van der Waals surface area contributed by atoms with E-state index >= 15 is 0 Å². The van der Waals surface area contributed by atoms with Crippen LogP contribution in [-0.2, 0) is 6.54 Å². The van der Waals surface area contributed by atoms with Crippen molar-refractivity contribution in [2.75, 3.05) is 0 Å². The molecule has 2 aromatic carbocycles. The maximum absolute atomic E-state index is 6.04. The van der Waals surface area contributed by atoms with E-state index in [2.05, 4.69) is 14.6 Å². The summed E-state index contributed by atoms with van der Waals surface area (Å²) < 4.78 is 2.08. The van der Waals surface area contributed by atoms with Crippen LogP contribution in [0.25, 0.3) is 27.9 Å². The van der Waals surface area contributed by atoms with Crippen LogP contribution in [0.15, 0.2) is 72.9 Å². The number of hydrogen-bond donors (Lipinski definition) is 0. The molecule has 6 heteroatoms. The SMILES string of the molecule is Clc1ccc(-c2nc3ccccn3c2Cn2nc3ccccc3n2)cc1. The summed E-state index contributed by atoms with van der Waals surface area (Å²) >= 11 is 6.04. The van der Waals surface area contributed by atoms with E-state index in [9.17, 15) is 0 Å². The Morgan fingerprint density at radius 1 is 0.808 bits per heavy atom. The average Bonchev–Trinajstić information content (AvgIpc) is 3.24. The van der Waals surface area contributed by atoms with E-state index in [4.69, 9.17) is 16.6 Å². The molecule has 0 bridgehead atoms. The van der Waals surface area contributed by atoms with Crippen LogP contribution < -0.4 is 0 Å². The topological polar surface area (TPSA) is 48.0 Å². The van der Waals surface area contributed by atoms with Gasteiger partial charge in [0.2, 0.25) is 0 Å². The van der Waals surface area contributed by atoms with Gasteiger partial charge < -0.3 is 4.40 Å². The molecule has 3 aromatic heterocycles. The van der Waals surface area contributed by atoms with Crippen LogP contribution in [0.5, 0.6) is 0 Å². The zero-order valence-electron chi connectivity index (χ0n) is 13.7. The molecule has 3 heterocycles. The Morgan fingerprint density at radius 3 is 2.23 bits per heavy atom. The van der Waals surface area contributed by atoms with Gasteiger partial charge in [-0.15, -0.1) is 0 Å². The maximum Gasteiger partial charge on any atom is 0.137 e. The van der Waals surface area contributed by atoms with E-state index in [-0.39, 0.29) is 0 Å². The lowest BCUT2D eigenvalue weighted by molar-refractivity contribution is 0.589. The van der Waals surface area contributed by atoms with Gasteiger partial charge in [0.25, 0.3) is 0 Å². The molecule has 26 heavy (non-hydrogen) atoms. The van der Waals surface area contributed by atoms with Crippen LogP contribution in [0.1, 0.15) is 5.69 Å². The molecule has 0 radical (unpaired) electrons. The fraction of sp³-hybridized carbons (Fsp3) is 0.0500. The fourth-order valence-electron chi connectivity index (χ4n) is 3.15. The van der Waals surface area contributed by atoms with Gasteiger partial charge in [-0.3, -0.25) is 0 Å². The van der Waals surface area contributed by atoms with Gasteiger partial charge in [0.05, 0.1) is 11.4 Å². The van der Waals surface area contributed by atoms with E-state index in [1.807, 2.05) is 72.9 Å². The number of aromatic nitrogens is 5. The van der Waals surface area contributed by atoms with Gasteiger partial charge in [0.15, 0.2) is 0 Å². The summed E-state index contributed by atoms with van der Waals surface area (Å²) in [4.78, 5) is 6.54. The van der Waals surface area contributed by atoms with Crippen molar-refractivity contribution >= 4 is 28.3 Å². The molecule has 0 aliphatic carbocycles. The number of imidazole rings is 1. The molecule has 5 nitrogen and oxygen atoms in total. The Morgan fingerprint density at radius 2 is 1.50 bits per heavy atom. The van der Waals surface area contributed by atoms with Gasteiger partial charge in [-0.1, -0.05) is 41.9 Å². The van der Waals surface area contributed by atoms with Gasteiger partial charge in [-0.05, 0) is 36.4 Å². The standard InChI is InChI=1S/C20H14ClN5/c21-15-10-8-14(9-11-15)20-18(25-12-4-3-7-19(25)22-20)13-26-23-16-5-1-2-6-17(16)24-26/h1-12H,13H2. The summed E-state index contributed by atoms with van der Waals surface area (Å²) in [6.07, 6.45) is 2.01. The Bertz CT molecular complexity index is 1190. The smallest absolute Gasteiger partial charge is 0.137 e. The molecule has 0 N–H and O–H groups in total. The van der Waals surface area contributed by atoms with Crippen LogP contribution in [0.2, 0.25) is 5.02 Å². The number of rotatable bonds is 3. The highest BCUT2D eigenvalue weighted by Crippen LogP contribution is 2.26. The third kappa shape index (κ3) is 2.53. The predicted molar refractivity (Wildman–Crippen MR) is 102 cm³/mol. The molecule has 5 aromatic rings. The minimum absolute atomic E-state index is 0.526. The molecule has 0 saturated carbocycles. The first-order valence-electron chi connectivity index (χ1n) is 8.30. The van der Waals surface area contributed by atoms with Crippen molar-refractivity contribution in [1.29, 1.82) is 0 Å². The molecule has 0 fully saturated rings. The molecule has 0 spiro atoms. The number of nitrogens with zero attached hydrogens (tertiary/aromatic N) is 5. The van der Waals surface area contributed by atoms with Crippen molar-refractivity contribution in [3.8, 4) is 11.3 Å². The summed E-state index contributed by atoms with van der Waals surface area (Å²) in [5.74, 6) is 0. The monoisotopic (exact) mass is 359 g/mol.